The van der Waals surface area contributed by atoms with Crippen LogP contribution in [0.25, 0.3) is 21.9 Å². The van der Waals surface area contributed by atoms with Gasteiger partial charge in [0.25, 0.3) is 0 Å². The van der Waals surface area contributed by atoms with Crippen molar-refractivity contribution in [2.45, 2.75) is 58.5 Å². The molecule has 3 nitrogen and oxygen atoms in total. The van der Waals surface area contributed by atoms with Crippen molar-refractivity contribution in [1.29, 1.82) is 0 Å². The molecule has 1 aliphatic rings. The zero-order valence-electron chi connectivity index (χ0n) is 18.9. The fourth-order valence-electron chi connectivity index (χ4n) is 4.70. The van der Waals surface area contributed by atoms with Gasteiger partial charge in [0, 0.05) is 17.6 Å². The van der Waals surface area contributed by atoms with E-state index in [9.17, 15) is 0 Å². The van der Waals surface area contributed by atoms with Crippen molar-refractivity contribution in [3.63, 3.8) is 0 Å². The number of aryl methyl sites for hydroxylation is 1. The number of nitrogens with one attached hydrogen (secondary N) is 1. The van der Waals surface area contributed by atoms with Gasteiger partial charge in [-0.25, -0.2) is 14.4 Å². The molecule has 0 bridgehead atoms. The molecule has 0 radical (unpaired) electrons. The van der Waals surface area contributed by atoms with Gasteiger partial charge in [0.15, 0.2) is 5.82 Å². The first kappa shape index (κ1) is 22.6. The molecule has 2 atom stereocenters. The van der Waals surface area contributed by atoms with Crippen molar-refractivity contribution in [3.8, 4) is 11.1 Å². The first-order valence-electron chi connectivity index (χ1n) is 11.2. The van der Waals surface area contributed by atoms with Gasteiger partial charge in [0.2, 0.25) is 0 Å². The molecule has 166 valence electrons. The van der Waals surface area contributed by atoms with Gasteiger partial charge in [-0.1, -0.05) is 54.9 Å². The van der Waals surface area contributed by atoms with Crippen LogP contribution in [0.1, 0.15) is 44.2 Å². The lowest BCUT2D eigenvalue weighted by atomic mass is 9.92. The second kappa shape index (κ2) is 9.51. The number of aliphatic imine (C=N–C) groups is 2. The van der Waals surface area contributed by atoms with E-state index in [0.717, 1.165) is 46.7 Å². The summed E-state index contributed by atoms with van der Waals surface area (Å²) < 4.78 is 16.2. The second-order valence-corrected chi connectivity index (χ2v) is 9.06. The van der Waals surface area contributed by atoms with Crippen molar-refractivity contribution in [3.05, 3.63) is 64.4 Å². The fraction of sp³-hybridized carbons (Fsp3) is 0.333. The zero-order valence-corrected chi connectivity index (χ0v) is 19.6. The molecular formula is C27H29ClFN3. The zero-order chi connectivity index (χ0) is 22.8. The monoisotopic (exact) mass is 449 g/mol. The number of hydrogen-bond acceptors (Lipinski definition) is 2. The third-order valence-corrected chi connectivity index (χ3v) is 6.64. The number of hydrogen-bond donors (Lipinski definition) is 1. The van der Waals surface area contributed by atoms with Crippen molar-refractivity contribution in [1.82, 2.24) is 5.32 Å². The Morgan fingerprint density at radius 3 is 2.66 bits per heavy atom. The molecule has 2 unspecified atom stereocenters. The molecule has 1 heterocycles. The van der Waals surface area contributed by atoms with Crippen molar-refractivity contribution in [2.24, 2.45) is 9.98 Å². The summed E-state index contributed by atoms with van der Waals surface area (Å²) in [6, 6.07) is 14.7. The summed E-state index contributed by atoms with van der Waals surface area (Å²) in [5.41, 5.74) is 3.32. The van der Waals surface area contributed by atoms with Gasteiger partial charge in [-0.05, 0) is 79.8 Å². The Balaban J connectivity index is 1.89. The summed E-state index contributed by atoms with van der Waals surface area (Å²) in [6.45, 7) is 9.48. The van der Waals surface area contributed by atoms with Crippen molar-refractivity contribution < 1.29 is 4.39 Å². The molecule has 0 amide bonds. The van der Waals surface area contributed by atoms with Crippen LogP contribution in [0.2, 0.25) is 5.02 Å². The van der Waals surface area contributed by atoms with E-state index in [-0.39, 0.29) is 6.04 Å². The topological polar surface area (TPSA) is 36.8 Å². The van der Waals surface area contributed by atoms with Gasteiger partial charge >= 0.3 is 0 Å². The second-order valence-electron chi connectivity index (χ2n) is 8.66. The molecule has 1 fully saturated rings. The Hall–Kier alpha value is -2.56. The lowest BCUT2D eigenvalue weighted by Gasteiger charge is -2.18. The number of benzene rings is 3. The molecule has 0 saturated carbocycles. The van der Waals surface area contributed by atoms with E-state index in [1.807, 2.05) is 43.3 Å². The van der Waals surface area contributed by atoms with Crippen LogP contribution in [0.5, 0.6) is 0 Å². The van der Waals surface area contributed by atoms with E-state index in [1.54, 1.807) is 6.92 Å². The van der Waals surface area contributed by atoms with E-state index in [0.29, 0.717) is 34.6 Å². The molecule has 0 aliphatic carbocycles. The normalized spacial score (nSPS) is 19.0. The molecule has 1 N–H and O–H groups in total. The summed E-state index contributed by atoms with van der Waals surface area (Å²) in [6.07, 6.45) is 3.96. The number of amidine groups is 1. The third kappa shape index (κ3) is 4.48. The summed E-state index contributed by atoms with van der Waals surface area (Å²) >= 11 is 6.76. The summed E-state index contributed by atoms with van der Waals surface area (Å²) in [7, 11) is 0. The van der Waals surface area contributed by atoms with E-state index in [4.69, 9.17) is 11.6 Å². The predicted octanol–water partition coefficient (Wildman–Crippen LogP) is 7.43. The van der Waals surface area contributed by atoms with E-state index in [1.165, 1.54) is 0 Å². The smallest absolute Gasteiger partial charge is 0.158 e. The Morgan fingerprint density at radius 2 is 1.94 bits per heavy atom. The molecule has 3 aromatic rings. The summed E-state index contributed by atoms with van der Waals surface area (Å²) in [5.74, 6) is 0.0228. The van der Waals surface area contributed by atoms with Crippen LogP contribution in [-0.2, 0) is 6.42 Å². The largest absolute Gasteiger partial charge is 0.311 e. The van der Waals surface area contributed by atoms with Crippen LogP contribution in [-0.4, -0.2) is 24.6 Å². The lowest BCUT2D eigenvalue weighted by molar-refractivity contribution is 0.523. The quantitative estimate of drug-likeness (QED) is 0.319. The number of rotatable bonds is 5. The Bertz CT molecular complexity index is 1200. The summed E-state index contributed by atoms with van der Waals surface area (Å²) in [5, 5.41) is 6.07. The van der Waals surface area contributed by atoms with Gasteiger partial charge in [0.05, 0.1) is 5.02 Å². The maximum absolute atomic E-state index is 16.2. The molecular weight excluding hydrogens is 421 g/mol. The highest BCUT2D eigenvalue weighted by Gasteiger charge is 2.26. The standard InChI is InChI=1S/C27H29ClFN3/c1-5-20-10-11-21(32-20)14-19-15-24(28)25(26(29)27(19)31-17(3)30-4)23-13-16(2)12-18-8-6-7-9-22(18)23/h6-9,12-13,15,20-21,32H,4-5,10-11,14H2,1-3H3. The maximum Gasteiger partial charge on any atom is 0.158 e. The first-order valence-corrected chi connectivity index (χ1v) is 11.6. The van der Waals surface area contributed by atoms with Gasteiger partial charge < -0.3 is 5.32 Å². The van der Waals surface area contributed by atoms with Gasteiger partial charge in [-0.3, -0.25) is 0 Å². The van der Waals surface area contributed by atoms with Crippen molar-refractivity contribution >= 4 is 40.6 Å². The Kier molecular flexibility index (Phi) is 6.73. The maximum atomic E-state index is 16.2. The SMILES string of the molecule is C=NC(C)=Nc1c(CC2CCC(CC)N2)cc(Cl)c(-c2cc(C)cc3ccccc23)c1F. The number of nitrogens with zero attached hydrogens (tertiary/aromatic N) is 2. The molecule has 3 aromatic carbocycles. The first-order chi connectivity index (χ1) is 15.4. The Labute approximate surface area is 194 Å². The molecule has 0 aromatic heterocycles. The minimum Gasteiger partial charge on any atom is -0.311 e. The average Bonchev–Trinajstić information content (AvgIpc) is 3.23. The van der Waals surface area contributed by atoms with Crippen LogP contribution in [0.4, 0.5) is 10.1 Å². The van der Waals surface area contributed by atoms with Gasteiger partial charge in [-0.2, -0.15) is 0 Å². The fourth-order valence-corrected chi connectivity index (χ4v) is 5.01. The van der Waals surface area contributed by atoms with E-state index in [2.05, 4.69) is 35.0 Å². The van der Waals surface area contributed by atoms with E-state index >= 15 is 4.39 Å². The minimum absolute atomic E-state index is 0.284. The van der Waals surface area contributed by atoms with Gasteiger partial charge in [0.1, 0.15) is 11.5 Å². The van der Waals surface area contributed by atoms with Gasteiger partial charge in [-0.15, -0.1) is 0 Å². The number of halogens is 2. The molecule has 4 rings (SSSR count). The summed E-state index contributed by atoms with van der Waals surface area (Å²) in [4.78, 5) is 8.41. The lowest BCUT2D eigenvalue weighted by Crippen LogP contribution is -2.30. The van der Waals surface area contributed by atoms with Crippen molar-refractivity contribution in [2.75, 3.05) is 0 Å². The van der Waals surface area contributed by atoms with Crippen LogP contribution < -0.4 is 5.32 Å². The molecule has 1 aliphatic heterocycles. The number of fused-ring (bicyclic) bond motifs is 1. The predicted molar refractivity (Wildman–Crippen MR) is 135 cm³/mol. The van der Waals surface area contributed by atoms with E-state index < -0.39 is 5.82 Å². The minimum atomic E-state index is -0.406. The van der Waals surface area contributed by atoms with Crippen LogP contribution in [0.3, 0.4) is 0 Å². The Morgan fingerprint density at radius 1 is 1.19 bits per heavy atom. The molecule has 32 heavy (non-hydrogen) atoms. The van der Waals surface area contributed by atoms with Crippen LogP contribution in [0, 0.1) is 12.7 Å². The molecule has 1 saturated heterocycles. The van der Waals surface area contributed by atoms with Crippen LogP contribution >= 0.6 is 11.6 Å². The molecule has 5 heteroatoms. The highest BCUT2D eigenvalue weighted by molar-refractivity contribution is 6.34. The molecule has 0 spiro atoms. The average molecular weight is 450 g/mol. The van der Waals surface area contributed by atoms with Crippen LogP contribution in [0.15, 0.2) is 52.4 Å². The highest BCUT2D eigenvalue weighted by atomic mass is 35.5. The third-order valence-electron chi connectivity index (χ3n) is 6.34. The highest BCUT2D eigenvalue weighted by Crippen LogP contribution is 2.42.